The van der Waals surface area contributed by atoms with Gasteiger partial charge in [0.05, 0.1) is 6.04 Å². The third kappa shape index (κ3) is 2.71. The van der Waals surface area contributed by atoms with Gasteiger partial charge in [-0.15, -0.1) is 10.2 Å². The molecule has 2 heterocycles. The first-order chi connectivity index (χ1) is 9.56. The van der Waals surface area contributed by atoms with Crippen LogP contribution in [0.15, 0.2) is 6.33 Å². The van der Waals surface area contributed by atoms with E-state index in [1.54, 1.807) is 6.33 Å². The van der Waals surface area contributed by atoms with E-state index in [-0.39, 0.29) is 6.04 Å². The van der Waals surface area contributed by atoms with Crippen LogP contribution < -0.4 is 10.6 Å². The summed E-state index contributed by atoms with van der Waals surface area (Å²) in [6, 6.07) is 0.0190. The lowest BCUT2D eigenvalue weighted by atomic mass is 10.2. The van der Waals surface area contributed by atoms with Crippen molar-refractivity contribution in [2.24, 2.45) is 7.05 Å². The second kappa shape index (κ2) is 5.85. The number of nitrogens with zero attached hydrogens (tertiary/aromatic N) is 5. The van der Waals surface area contributed by atoms with Gasteiger partial charge < -0.3 is 15.2 Å². The van der Waals surface area contributed by atoms with Gasteiger partial charge in [-0.3, -0.25) is 0 Å². The van der Waals surface area contributed by atoms with Crippen LogP contribution >= 0.6 is 0 Å². The van der Waals surface area contributed by atoms with Crippen molar-refractivity contribution < 1.29 is 0 Å². The molecule has 7 nitrogen and oxygen atoms in total. The summed E-state index contributed by atoms with van der Waals surface area (Å²) in [5.74, 6) is 3.36. The van der Waals surface area contributed by atoms with Crippen LogP contribution in [0.5, 0.6) is 0 Å². The van der Waals surface area contributed by atoms with Crippen molar-refractivity contribution in [2.45, 2.75) is 33.2 Å². The second-order valence-electron chi connectivity index (χ2n) is 4.73. The number of anilines is 2. The molecule has 1 atom stereocenters. The fourth-order valence-electron chi connectivity index (χ4n) is 2.06. The molecule has 0 amide bonds. The molecule has 0 aromatic carbocycles. The first-order valence-corrected chi connectivity index (χ1v) is 6.72. The van der Waals surface area contributed by atoms with Crippen LogP contribution in [0, 0.1) is 6.92 Å². The Morgan fingerprint density at radius 1 is 1.30 bits per heavy atom. The number of hydrogen-bond acceptors (Lipinski definition) is 6. The highest BCUT2D eigenvalue weighted by atomic mass is 15.3. The summed E-state index contributed by atoms with van der Waals surface area (Å²) in [6.45, 7) is 6.08. The van der Waals surface area contributed by atoms with Gasteiger partial charge in [0.1, 0.15) is 23.8 Å². The number of hydrogen-bond donors (Lipinski definition) is 2. The highest BCUT2D eigenvalue weighted by molar-refractivity contribution is 5.57. The Hall–Kier alpha value is -2.18. The van der Waals surface area contributed by atoms with Gasteiger partial charge in [-0.05, 0) is 13.8 Å². The molecule has 0 spiro atoms. The lowest BCUT2D eigenvalue weighted by Gasteiger charge is -2.17. The Morgan fingerprint density at radius 3 is 2.55 bits per heavy atom. The van der Waals surface area contributed by atoms with E-state index < -0.39 is 0 Å². The third-order valence-corrected chi connectivity index (χ3v) is 3.23. The predicted molar refractivity (Wildman–Crippen MR) is 78.7 cm³/mol. The lowest BCUT2D eigenvalue weighted by Crippen LogP contribution is -2.15. The first-order valence-electron chi connectivity index (χ1n) is 6.72. The van der Waals surface area contributed by atoms with E-state index in [1.165, 1.54) is 0 Å². The summed E-state index contributed by atoms with van der Waals surface area (Å²) < 4.78 is 1.90. The molecule has 7 heteroatoms. The van der Waals surface area contributed by atoms with Gasteiger partial charge >= 0.3 is 0 Å². The third-order valence-electron chi connectivity index (χ3n) is 3.23. The van der Waals surface area contributed by atoms with Crippen molar-refractivity contribution in [1.82, 2.24) is 24.7 Å². The number of aryl methyl sites for hydroxylation is 2. The van der Waals surface area contributed by atoms with Crippen molar-refractivity contribution in [2.75, 3.05) is 17.7 Å². The Morgan fingerprint density at radius 2 is 2.00 bits per heavy atom. The minimum absolute atomic E-state index is 0.0190. The molecule has 0 aliphatic heterocycles. The number of nitrogens with one attached hydrogen (secondary N) is 2. The maximum absolute atomic E-state index is 4.56. The molecule has 0 aliphatic rings. The average molecular weight is 275 g/mol. The molecule has 0 saturated carbocycles. The number of aromatic nitrogens is 5. The molecule has 2 N–H and O–H groups in total. The van der Waals surface area contributed by atoms with Gasteiger partial charge in [-0.1, -0.05) is 6.92 Å². The molecule has 1 unspecified atom stereocenters. The Bertz CT molecular complexity index is 590. The van der Waals surface area contributed by atoms with Crippen LogP contribution in [0.2, 0.25) is 0 Å². The molecule has 20 heavy (non-hydrogen) atoms. The van der Waals surface area contributed by atoms with E-state index in [9.17, 15) is 0 Å². The van der Waals surface area contributed by atoms with E-state index in [0.29, 0.717) is 0 Å². The van der Waals surface area contributed by atoms with Gasteiger partial charge in [-0.25, -0.2) is 9.97 Å². The molecule has 0 radical (unpaired) electrons. The lowest BCUT2D eigenvalue weighted by molar-refractivity contribution is 0.714. The minimum Gasteiger partial charge on any atom is -0.373 e. The van der Waals surface area contributed by atoms with Crippen LogP contribution in [0.25, 0.3) is 0 Å². The van der Waals surface area contributed by atoms with Crippen molar-refractivity contribution in [1.29, 1.82) is 0 Å². The highest BCUT2D eigenvalue weighted by Gasteiger charge is 2.15. The maximum Gasteiger partial charge on any atom is 0.154 e. The second-order valence-corrected chi connectivity index (χ2v) is 4.73. The zero-order valence-corrected chi connectivity index (χ0v) is 12.6. The van der Waals surface area contributed by atoms with Crippen molar-refractivity contribution in [3.05, 3.63) is 23.5 Å². The maximum atomic E-state index is 4.56. The molecule has 2 aromatic rings. The highest BCUT2D eigenvalue weighted by Crippen LogP contribution is 2.23. The summed E-state index contributed by atoms with van der Waals surface area (Å²) >= 11 is 0. The zero-order chi connectivity index (χ0) is 14.7. The molecular weight excluding hydrogens is 254 g/mol. The summed E-state index contributed by atoms with van der Waals surface area (Å²) in [6.07, 6.45) is 2.48. The summed E-state index contributed by atoms with van der Waals surface area (Å²) in [7, 11) is 3.79. The van der Waals surface area contributed by atoms with E-state index in [0.717, 1.165) is 35.3 Å². The Balaban J connectivity index is 2.31. The Kier molecular flexibility index (Phi) is 4.16. The first kappa shape index (κ1) is 14.2. The SMILES string of the molecule is CCc1nc(NC)c(C)c(NC(C)c2nncn2C)n1. The van der Waals surface area contributed by atoms with Gasteiger partial charge in [0.2, 0.25) is 0 Å². The van der Waals surface area contributed by atoms with E-state index in [4.69, 9.17) is 0 Å². The summed E-state index contributed by atoms with van der Waals surface area (Å²) in [5, 5.41) is 14.5. The minimum atomic E-state index is 0.0190. The molecule has 0 aliphatic carbocycles. The molecule has 2 rings (SSSR count). The smallest absolute Gasteiger partial charge is 0.154 e. The largest absolute Gasteiger partial charge is 0.373 e. The quantitative estimate of drug-likeness (QED) is 0.864. The van der Waals surface area contributed by atoms with Crippen LogP contribution in [0.4, 0.5) is 11.6 Å². The standard InChI is InChI=1S/C13H21N7/c1-6-10-17-11(14-4)8(2)12(18-10)16-9(3)13-19-15-7-20(13)5/h7,9H,6H2,1-5H3,(H2,14,16,17,18). The monoisotopic (exact) mass is 275 g/mol. The topological polar surface area (TPSA) is 80.5 Å². The van der Waals surface area contributed by atoms with Gasteiger partial charge in [-0.2, -0.15) is 0 Å². The van der Waals surface area contributed by atoms with Crippen molar-refractivity contribution in [3.63, 3.8) is 0 Å². The Labute approximate surface area is 118 Å². The summed E-state index contributed by atoms with van der Waals surface area (Å²) in [5.41, 5.74) is 0.999. The van der Waals surface area contributed by atoms with Crippen LogP contribution in [0.3, 0.4) is 0 Å². The van der Waals surface area contributed by atoms with Gasteiger partial charge in [0, 0.05) is 26.1 Å². The molecule has 0 bridgehead atoms. The average Bonchev–Trinajstić information content (AvgIpc) is 2.87. The van der Waals surface area contributed by atoms with Crippen LogP contribution in [-0.2, 0) is 13.5 Å². The molecule has 108 valence electrons. The van der Waals surface area contributed by atoms with Crippen LogP contribution in [0.1, 0.15) is 37.1 Å². The molecule has 0 saturated heterocycles. The van der Waals surface area contributed by atoms with E-state index in [1.807, 2.05) is 39.4 Å². The van der Waals surface area contributed by atoms with Crippen molar-refractivity contribution >= 4 is 11.6 Å². The fourth-order valence-corrected chi connectivity index (χ4v) is 2.06. The van der Waals surface area contributed by atoms with Gasteiger partial charge in [0.25, 0.3) is 0 Å². The van der Waals surface area contributed by atoms with E-state index in [2.05, 4.69) is 30.8 Å². The molecular formula is C13H21N7. The molecule has 2 aromatic heterocycles. The molecule has 0 fully saturated rings. The van der Waals surface area contributed by atoms with Crippen molar-refractivity contribution in [3.8, 4) is 0 Å². The predicted octanol–water partition coefficient (Wildman–Crippen LogP) is 1.69. The normalized spacial score (nSPS) is 12.2. The van der Waals surface area contributed by atoms with Gasteiger partial charge in [0.15, 0.2) is 5.82 Å². The fraction of sp³-hybridized carbons (Fsp3) is 0.538. The van der Waals surface area contributed by atoms with Crippen LogP contribution in [-0.4, -0.2) is 31.8 Å². The zero-order valence-electron chi connectivity index (χ0n) is 12.6. The van der Waals surface area contributed by atoms with E-state index >= 15 is 0 Å². The summed E-state index contributed by atoms with van der Waals surface area (Å²) in [4.78, 5) is 9.02. The number of rotatable bonds is 5.